The maximum atomic E-state index is 6.05. The van der Waals surface area contributed by atoms with Crippen LogP contribution in [-0.2, 0) is 5.41 Å². The van der Waals surface area contributed by atoms with Gasteiger partial charge in [0.25, 0.3) is 0 Å². The smallest absolute Gasteiger partial charge is 0.127 e. The Labute approximate surface area is 183 Å². The van der Waals surface area contributed by atoms with Crippen molar-refractivity contribution in [3.63, 3.8) is 0 Å². The number of allylic oxidation sites excluding steroid dienone is 2. The van der Waals surface area contributed by atoms with Gasteiger partial charge in [0.2, 0.25) is 0 Å². The summed E-state index contributed by atoms with van der Waals surface area (Å²) >= 11 is 0. The first kappa shape index (κ1) is 20.6. The van der Waals surface area contributed by atoms with Gasteiger partial charge in [-0.25, -0.2) is 0 Å². The van der Waals surface area contributed by atoms with E-state index < -0.39 is 0 Å². The summed E-state index contributed by atoms with van der Waals surface area (Å²) in [7, 11) is 0. The van der Waals surface area contributed by atoms with Crippen LogP contribution in [-0.4, -0.2) is 6.10 Å². The summed E-state index contributed by atoms with van der Waals surface area (Å²) in [5, 5.41) is 0. The molecule has 0 heterocycles. The molecule has 0 saturated heterocycles. The first-order valence-corrected chi connectivity index (χ1v) is 10.5. The van der Waals surface area contributed by atoms with E-state index in [2.05, 4.69) is 44.2 Å². The molecule has 4 heteroatoms. The molecule has 4 nitrogen and oxygen atoms in total. The fourth-order valence-corrected chi connectivity index (χ4v) is 3.65. The van der Waals surface area contributed by atoms with Gasteiger partial charge in [-0.1, -0.05) is 38.1 Å². The van der Waals surface area contributed by atoms with Gasteiger partial charge in [0, 0.05) is 23.2 Å². The molecule has 158 valence electrons. The second-order valence-electron chi connectivity index (χ2n) is 8.30. The van der Waals surface area contributed by atoms with Crippen LogP contribution < -0.4 is 20.9 Å². The first-order valence-electron chi connectivity index (χ1n) is 10.5. The Balaban J connectivity index is 1.41. The summed E-state index contributed by atoms with van der Waals surface area (Å²) in [5.41, 5.74) is 15.3. The normalized spacial score (nSPS) is 15.9. The zero-order valence-corrected chi connectivity index (χ0v) is 17.9. The molecule has 1 aliphatic rings. The molecule has 0 fully saturated rings. The molecule has 0 spiro atoms. The molecule has 0 aromatic heterocycles. The molecule has 0 radical (unpaired) electrons. The van der Waals surface area contributed by atoms with Gasteiger partial charge in [-0.3, -0.25) is 0 Å². The van der Waals surface area contributed by atoms with E-state index >= 15 is 0 Å². The van der Waals surface area contributed by atoms with Crippen LogP contribution in [0.5, 0.6) is 17.2 Å². The Bertz CT molecular complexity index is 1080. The monoisotopic (exact) mass is 412 g/mol. The molecule has 1 atom stereocenters. The summed E-state index contributed by atoms with van der Waals surface area (Å²) in [6.07, 6.45) is 7.42. The Morgan fingerprint density at radius 1 is 0.742 bits per heavy atom. The van der Waals surface area contributed by atoms with Crippen molar-refractivity contribution in [3.8, 4) is 17.2 Å². The van der Waals surface area contributed by atoms with Gasteiger partial charge in [-0.05, 0) is 77.9 Å². The summed E-state index contributed by atoms with van der Waals surface area (Å²) in [5.74, 6) is 2.40. The molecule has 0 amide bonds. The standard InChI is InChI=1S/C27H28N2O2/c1-27(2,19-3-11-23(12-4-19)30-25-15-7-21(28)8-16-25)20-5-13-24(14-6-20)31-26-17-9-22(29)10-18-26/h3-13,15-18,24H,14,28-29H2,1-2H3. The summed E-state index contributed by atoms with van der Waals surface area (Å²) in [6, 6.07) is 23.2. The van der Waals surface area contributed by atoms with Crippen LogP contribution in [0.15, 0.2) is 96.6 Å². The van der Waals surface area contributed by atoms with Crippen molar-refractivity contribution in [1.82, 2.24) is 0 Å². The van der Waals surface area contributed by atoms with Gasteiger partial charge < -0.3 is 20.9 Å². The first-order chi connectivity index (χ1) is 14.9. The Hall–Kier alpha value is -3.66. The van der Waals surface area contributed by atoms with Gasteiger partial charge in [-0.15, -0.1) is 0 Å². The minimum Gasteiger partial charge on any atom is -0.486 e. The minimum atomic E-state index is -0.123. The third kappa shape index (κ3) is 4.92. The summed E-state index contributed by atoms with van der Waals surface area (Å²) in [6.45, 7) is 4.47. The van der Waals surface area contributed by atoms with Crippen molar-refractivity contribution in [3.05, 3.63) is 102 Å². The van der Waals surface area contributed by atoms with Crippen LogP contribution in [0, 0.1) is 0 Å². The highest BCUT2D eigenvalue weighted by atomic mass is 16.5. The molecular weight excluding hydrogens is 384 g/mol. The molecule has 1 unspecified atom stereocenters. The highest BCUT2D eigenvalue weighted by molar-refractivity contribution is 5.46. The number of nitrogen functional groups attached to an aromatic ring is 2. The topological polar surface area (TPSA) is 70.5 Å². The van der Waals surface area contributed by atoms with Crippen molar-refractivity contribution in [1.29, 1.82) is 0 Å². The Morgan fingerprint density at radius 3 is 1.77 bits per heavy atom. The molecule has 3 aromatic carbocycles. The molecule has 4 rings (SSSR count). The van der Waals surface area contributed by atoms with Crippen LogP contribution in [0.3, 0.4) is 0 Å². The van der Waals surface area contributed by atoms with E-state index in [-0.39, 0.29) is 11.5 Å². The van der Waals surface area contributed by atoms with Crippen molar-refractivity contribution < 1.29 is 9.47 Å². The van der Waals surface area contributed by atoms with E-state index in [0.717, 1.165) is 35.0 Å². The van der Waals surface area contributed by atoms with Gasteiger partial charge in [0.05, 0.1) is 0 Å². The van der Waals surface area contributed by atoms with Crippen molar-refractivity contribution in [2.75, 3.05) is 11.5 Å². The average Bonchev–Trinajstić information content (AvgIpc) is 2.78. The molecule has 31 heavy (non-hydrogen) atoms. The van der Waals surface area contributed by atoms with Gasteiger partial charge in [0.1, 0.15) is 23.4 Å². The third-order valence-electron chi connectivity index (χ3n) is 5.64. The molecule has 0 saturated carbocycles. The predicted octanol–water partition coefficient (Wildman–Crippen LogP) is 6.25. The van der Waals surface area contributed by atoms with Crippen molar-refractivity contribution in [2.24, 2.45) is 0 Å². The minimum absolute atomic E-state index is 0.0267. The molecule has 0 bridgehead atoms. The third-order valence-corrected chi connectivity index (χ3v) is 5.64. The van der Waals surface area contributed by atoms with Crippen molar-refractivity contribution in [2.45, 2.75) is 31.8 Å². The number of nitrogens with two attached hydrogens (primary N) is 2. The zero-order valence-electron chi connectivity index (χ0n) is 17.9. The lowest BCUT2D eigenvalue weighted by Gasteiger charge is -2.30. The van der Waals surface area contributed by atoms with E-state index in [4.69, 9.17) is 20.9 Å². The number of benzene rings is 3. The van der Waals surface area contributed by atoms with Gasteiger partial charge in [0.15, 0.2) is 0 Å². The number of rotatable bonds is 6. The number of ether oxygens (including phenoxy) is 2. The van der Waals surface area contributed by atoms with E-state index in [1.165, 1.54) is 11.1 Å². The Morgan fingerprint density at radius 2 is 1.26 bits per heavy atom. The van der Waals surface area contributed by atoms with Crippen LogP contribution in [0.4, 0.5) is 11.4 Å². The highest BCUT2D eigenvalue weighted by Crippen LogP contribution is 2.36. The Kier molecular flexibility index (Phi) is 5.72. The van der Waals surface area contributed by atoms with Crippen molar-refractivity contribution >= 4 is 11.4 Å². The quantitative estimate of drug-likeness (QED) is 0.469. The zero-order chi connectivity index (χ0) is 21.8. The lowest BCUT2D eigenvalue weighted by molar-refractivity contribution is 0.250. The second kappa shape index (κ2) is 8.60. The summed E-state index contributed by atoms with van der Waals surface area (Å²) < 4.78 is 12.0. The summed E-state index contributed by atoms with van der Waals surface area (Å²) in [4.78, 5) is 0. The van der Waals surface area contributed by atoms with Gasteiger partial charge >= 0.3 is 0 Å². The predicted molar refractivity (Wildman–Crippen MR) is 128 cm³/mol. The molecular formula is C27H28N2O2. The fraction of sp³-hybridized carbons (Fsp3) is 0.185. The SMILES string of the molecule is CC(C)(C1=CCC(Oc2ccc(N)cc2)C=C1)c1ccc(Oc2ccc(N)cc2)cc1. The maximum absolute atomic E-state index is 6.05. The van der Waals surface area contributed by atoms with Crippen LogP contribution in [0.1, 0.15) is 25.8 Å². The maximum Gasteiger partial charge on any atom is 0.127 e. The molecule has 4 N–H and O–H groups in total. The van der Waals surface area contributed by atoms with Crippen LogP contribution in [0.25, 0.3) is 0 Å². The van der Waals surface area contributed by atoms with E-state index in [0.29, 0.717) is 0 Å². The van der Waals surface area contributed by atoms with Gasteiger partial charge in [-0.2, -0.15) is 0 Å². The number of hydrogen-bond acceptors (Lipinski definition) is 4. The lowest BCUT2D eigenvalue weighted by atomic mass is 9.75. The second-order valence-corrected chi connectivity index (χ2v) is 8.30. The van der Waals surface area contributed by atoms with E-state index in [1.54, 1.807) is 0 Å². The van der Waals surface area contributed by atoms with E-state index in [1.807, 2.05) is 60.7 Å². The molecule has 1 aliphatic carbocycles. The average molecular weight is 413 g/mol. The number of anilines is 2. The van der Waals surface area contributed by atoms with E-state index in [9.17, 15) is 0 Å². The largest absolute Gasteiger partial charge is 0.486 e. The number of hydrogen-bond donors (Lipinski definition) is 2. The lowest BCUT2D eigenvalue weighted by Crippen LogP contribution is -2.23. The highest BCUT2D eigenvalue weighted by Gasteiger charge is 2.26. The van der Waals surface area contributed by atoms with Crippen LogP contribution in [0.2, 0.25) is 0 Å². The molecule has 0 aliphatic heterocycles. The fourth-order valence-electron chi connectivity index (χ4n) is 3.65. The van der Waals surface area contributed by atoms with Crippen LogP contribution >= 0.6 is 0 Å². The molecule has 3 aromatic rings.